The summed E-state index contributed by atoms with van der Waals surface area (Å²) in [5.74, 6) is -0.0817. The van der Waals surface area contributed by atoms with Crippen molar-refractivity contribution >= 4 is 16.7 Å². The molecular formula is C11H10N2O2. The van der Waals surface area contributed by atoms with E-state index in [1.54, 1.807) is 12.1 Å². The number of nitrogens with one attached hydrogen (secondary N) is 1. The molecule has 4 nitrogen and oxygen atoms in total. The number of aromatic amines is 1. The SMILES string of the molecule is C=C(O)c1cc(C)cc2c(=O)[nH]cnc12. The van der Waals surface area contributed by atoms with Crippen LogP contribution < -0.4 is 5.56 Å². The second kappa shape index (κ2) is 3.24. The Morgan fingerprint density at radius 1 is 1.53 bits per heavy atom. The maximum absolute atomic E-state index is 11.5. The van der Waals surface area contributed by atoms with E-state index in [-0.39, 0.29) is 11.3 Å². The van der Waals surface area contributed by atoms with Gasteiger partial charge < -0.3 is 10.1 Å². The highest BCUT2D eigenvalue weighted by atomic mass is 16.3. The summed E-state index contributed by atoms with van der Waals surface area (Å²) in [5, 5.41) is 9.85. The minimum atomic E-state index is -0.216. The van der Waals surface area contributed by atoms with Gasteiger partial charge in [0, 0.05) is 5.56 Å². The number of aromatic nitrogens is 2. The Kier molecular flexibility index (Phi) is 2.04. The van der Waals surface area contributed by atoms with E-state index in [0.717, 1.165) is 5.56 Å². The lowest BCUT2D eigenvalue weighted by atomic mass is 10.1. The van der Waals surface area contributed by atoms with Crippen molar-refractivity contribution < 1.29 is 5.11 Å². The van der Waals surface area contributed by atoms with Gasteiger partial charge in [0.2, 0.25) is 0 Å². The standard InChI is InChI=1S/C11H10N2O2/c1-6-3-8(7(2)14)10-9(4-6)11(15)13-5-12-10/h3-5,14H,2H2,1H3,(H,12,13,15). The quantitative estimate of drug-likeness (QED) is 0.692. The van der Waals surface area contributed by atoms with E-state index >= 15 is 0 Å². The van der Waals surface area contributed by atoms with Crippen LogP contribution in [-0.4, -0.2) is 15.1 Å². The van der Waals surface area contributed by atoms with Crippen molar-refractivity contribution in [3.8, 4) is 0 Å². The molecule has 0 radical (unpaired) electrons. The molecule has 0 fully saturated rings. The smallest absolute Gasteiger partial charge is 0.258 e. The average Bonchev–Trinajstić information content (AvgIpc) is 2.18. The number of hydrogen-bond acceptors (Lipinski definition) is 3. The number of hydrogen-bond donors (Lipinski definition) is 2. The topological polar surface area (TPSA) is 66.0 Å². The van der Waals surface area contributed by atoms with Crippen LogP contribution in [0.2, 0.25) is 0 Å². The second-order valence-corrected chi connectivity index (χ2v) is 3.39. The van der Waals surface area contributed by atoms with E-state index < -0.39 is 0 Å². The summed E-state index contributed by atoms with van der Waals surface area (Å²) in [6.45, 7) is 5.30. The Bertz CT molecular complexity index is 599. The molecule has 1 aromatic heterocycles. The number of benzene rings is 1. The van der Waals surface area contributed by atoms with Crippen molar-refractivity contribution in [2.24, 2.45) is 0 Å². The molecule has 0 saturated heterocycles. The van der Waals surface area contributed by atoms with Crippen LogP contribution in [0.5, 0.6) is 0 Å². The van der Waals surface area contributed by atoms with Crippen LogP contribution in [0.1, 0.15) is 11.1 Å². The van der Waals surface area contributed by atoms with Gasteiger partial charge in [-0.1, -0.05) is 6.58 Å². The molecule has 0 spiro atoms. The zero-order valence-electron chi connectivity index (χ0n) is 8.24. The van der Waals surface area contributed by atoms with Crippen LogP contribution in [-0.2, 0) is 0 Å². The van der Waals surface area contributed by atoms with Crippen molar-refractivity contribution in [3.05, 3.63) is 46.5 Å². The Labute approximate surface area is 85.9 Å². The maximum Gasteiger partial charge on any atom is 0.258 e. The molecule has 1 heterocycles. The summed E-state index contributed by atoms with van der Waals surface area (Å²) in [7, 11) is 0. The first kappa shape index (κ1) is 9.45. The van der Waals surface area contributed by atoms with Gasteiger partial charge in [-0.3, -0.25) is 4.79 Å². The van der Waals surface area contributed by atoms with Crippen molar-refractivity contribution in [1.29, 1.82) is 0 Å². The number of H-pyrrole nitrogens is 1. The molecule has 0 aliphatic carbocycles. The number of aryl methyl sites for hydroxylation is 1. The first-order chi connectivity index (χ1) is 7.09. The summed E-state index contributed by atoms with van der Waals surface area (Å²) in [4.78, 5) is 18.0. The van der Waals surface area contributed by atoms with E-state index in [1.165, 1.54) is 6.33 Å². The van der Waals surface area contributed by atoms with Crippen molar-refractivity contribution in [2.45, 2.75) is 6.92 Å². The highest BCUT2D eigenvalue weighted by Crippen LogP contribution is 2.20. The van der Waals surface area contributed by atoms with Crippen molar-refractivity contribution in [3.63, 3.8) is 0 Å². The summed E-state index contributed by atoms with van der Waals surface area (Å²) in [5.41, 5.74) is 1.63. The number of fused-ring (bicyclic) bond motifs is 1. The van der Waals surface area contributed by atoms with Gasteiger partial charge in [-0.25, -0.2) is 4.98 Å². The summed E-state index contributed by atoms with van der Waals surface area (Å²) in [6, 6.07) is 3.48. The molecule has 2 N–H and O–H groups in total. The lowest BCUT2D eigenvalue weighted by Crippen LogP contribution is -2.07. The summed E-state index contributed by atoms with van der Waals surface area (Å²) >= 11 is 0. The first-order valence-electron chi connectivity index (χ1n) is 4.46. The Morgan fingerprint density at radius 3 is 2.93 bits per heavy atom. The van der Waals surface area contributed by atoms with E-state index in [9.17, 15) is 9.90 Å². The second-order valence-electron chi connectivity index (χ2n) is 3.39. The molecule has 0 aliphatic rings. The lowest BCUT2D eigenvalue weighted by molar-refractivity contribution is 0.514. The molecule has 0 saturated carbocycles. The van der Waals surface area contributed by atoms with E-state index in [0.29, 0.717) is 16.5 Å². The lowest BCUT2D eigenvalue weighted by Gasteiger charge is -2.04. The fourth-order valence-corrected chi connectivity index (χ4v) is 1.54. The zero-order valence-corrected chi connectivity index (χ0v) is 8.24. The molecule has 4 heteroatoms. The van der Waals surface area contributed by atoms with E-state index in [4.69, 9.17) is 0 Å². The van der Waals surface area contributed by atoms with Crippen LogP contribution >= 0.6 is 0 Å². The van der Waals surface area contributed by atoms with Gasteiger partial charge in [-0.2, -0.15) is 0 Å². The molecule has 76 valence electrons. The van der Waals surface area contributed by atoms with Crippen LogP contribution in [0.15, 0.2) is 29.8 Å². The highest BCUT2D eigenvalue weighted by molar-refractivity contribution is 5.88. The van der Waals surface area contributed by atoms with Gasteiger partial charge in [0.05, 0.1) is 17.2 Å². The zero-order chi connectivity index (χ0) is 11.0. The number of nitrogens with zero attached hydrogens (tertiary/aromatic N) is 1. The number of rotatable bonds is 1. The molecule has 15 heavy (non-hydrogen) atoms. The fraction of sp³-hybridized carbons (Fsp3) is 0.0909. The van der Waals surface area contributed by atoms with Crippen LogP contribution in [0, 0.1) is 6.92 Å². The maximum atomic E-state index is 11.5. The minimum Gasteiger partial charge on any atom is -0.508 e. The largest absolute Gasteiger partial charge is 0.508 e. The Hall–Kier alpha value is -2.10. The van der Waals surface area contributed by atoms with Gasteiger partial charge in [0.15, 0.2) is 0 Å². The molecular weight excluding hydrogens is 192 g/mol. The molecule has 0 atom stereocenters. The van der Waals surface area contributed by atoms with Gasteiger partial charge in [-0.05, 0) is 24.6 Å². The van der Waals surface area contributed by atoms with Crippen LogP contribution in [0.4, 0.5) is 0 Å². The Morgan fingerprint density at radius 2 is 2.27 bits per heavy atom. The third kappa shape index (κ3) is 1.50. The molecule has 0 aliphatic heterocycles. The summed E-state index contributed by atoms with van der Waals surface area (Å²) < 4.78 is 0. The number of aliphatic hydroxyl groups is 1. The van der Waals surface area contributed by atoms with Crippen LogP contribution in [0.25, 0.3) is 16.7 Å². The van der Waals surface area contributed by atoms with Gasteiger partial charge in [0.25, 0.3) is 5.56 Å². The predicted molar refractivity (Wildman–Crippen MR) is 58.8 cm³/mol. The number of aliphatic hydroxyl groups excluding tert-OH is 1. The molecule has 0 amide bonds. The molecule has 0 bridgehead atoms. The normalized spacial score (nSPS) is 10.5. The highest BCUT2D eigenvalue weighted by Gasteiger charge is 2.08. The van der Waals surface area contributed by atoms with Gasteiger partial charge >= 0.3 is 0 Å². The Balaban J connectivity index is 2.99. The van der Waals surface area contributed by atoms with Gasteiger partial charge in [-0.15, -0.1) is 0 Å². The monoisotopic (exact) mass is 202 g/mol. The van der Waals surface area contributed by atoms with E-state index in [1.807, 2.05) is 6.92 Å². The predicted octanol–water partition coefficient (Wildman–Crippen LogP) is 1.76. The van der Waals surface area contributed by atoms with Crippen molar-refractivity contribution in [2.75, 3.05) is 0 Å². The van der Waals surface area contributed by atoms with E-state index in [2.05, 4.69) is 16.5 Å². The minimum absolute atomic E-state index is 0.0817. The molecule has 2 aromatic rings. The third-order valence-electron chi connectivity index (χ3n) is 2.20. The first-order valence-corrected chi connectivity index (χ1v) is 4.46. The fourth-order valence-electron chi connectivity index (χ4n) is 1.54. The summed E-state index contributed by atoms with van der Waals surface area (Å²) in [6.07, 6.45) is 1.31. The third-order valence-corrected chi connectivity index (χ3v) is 2.20. The van der Waals surface area contributed by atoms with Crippen molar-refractivity contribution in [1.82, 2.24) is 9.97 Å². The average molecular weight is 202 g/mol. The van der Waals surface area contributed by atoms with Crippen LogP contribution in [0.3, 0.4) is 0 Å². The van der Waals surface area contributed by atoms with Gasteiger partial charge in [0.1, 0.15) is 5.76 Å². The molecule has 0 unspecified atom stereocenters. The molecule has 1 aromatic carbocycles. The molecule has 2 rings (SSSR count).